The second kappa shape index (κ2) is 4.71. The van der Waals surface area contributed by atoms with Crippen molar-refractivity contribution in [2.45, 2.75) is 27.2 Å². The summed E-state index contributed by atoms with van der Waals surface area (Å²) in [4.78, 5) is 13.6. The molecule has 0 aliphatic carbocycles. The van der Waals surface area contributed by atoms with Gasteiger partial charge in [-0.15, -0.1) is 0 Å². The molecule has 0 aromatic carbocycles. The van der Waals surface area contributed by atoms with E-state index in [9.17, 15) is 0 Å². The van der Waals surface area contributed by atoms with Crippen LogP contribution < -0.4 is 0 Å². The summed E-state index contributed by atoms with van der Waals surface area (Å²) in [5.41, 5.74) is 1.94. The van der Waals surface area contributed by atoms with Gasteiger partial charge in [0, 0.05) is 18.8 Å². The Labute approximate surface area is 118 Å². The highest BCUT2D eigenvalue weighted by molar-refractivity contribution is 5.73. The van der Waals surface area contributed by atoms with Gasteiger partial charge in [-0.3, -0.25) is 4.57 Å². The summed E-state index contributed by atoms with van der Waals surface area (Å²) >= 11 is 0. The molecule has 0 radical (unpaired) electrons. The number of fused-ring (bicyclic) bond motifs is 1. The Morgan fingerprint density at radius 2 is 1.80 bits per heavy atom. The van der Waals surface area contributed by atoms with Gasteiger partial charge in [0.25, 0.3) is 0 Å². The molecule has 0 fully saturated rings. The molecule has 0 amide bonds. The molecule has 20 heavy (non-hydrogen) atoms. The first kappa shape index (κ1) is 12.8. The van der Waals surface area contributed by atoms with Crippen LogP contribution in [-0.4, -0.2) is 19.5 Å². The molecule has 3 heterocycles. The Bertz CT molecular complexity index is 723. The van der Waals surface area contributed by atoms with E-state index in [1.165, 1.54) is 0 Å². The molecule has 0 N–H and O–H groups in total. The largest absolute Gasteiger partial charge is 0.264 e. The minimum atomic E-state index is 0.161. The number of pyridine rings is 2. The minimum Gasteiger partial charge on any atom is -0.264 e. The van der Waals surface area contributed by atoms with Crippen LogP contribution in [0.1, 0.15) is 26.6 Å². The zero-order valence-corrected chi connectivity index (χ0v) is 12.0. The first-order valence-electron chi connectivity index (χ1n) is 6.78. The molecule has 102 valence electrons. The minimum absolute atomic E-state index is 0.161. The quantitative estimate of drug-likeness (QED) is 0.714. The van der Waals surface area contributed by atoms with E-state index >= 15 is 0 Å². The fourth-order valence-electron chi connectivity index (χ4n) is 2.28. The molecule has 3 aromatic rings. The van der Waals surface area contributed by atoms with E-state index in [2.05, 4.69) is 35.3 Å². The summed E-state index contributed by atoms with van der Waals surface area (Å²) in [7, 11) is 0. The van der Waals surface area contributed by atoms with Crippen LogP contribution in [0.4, 0.5) is 0 Å². The van der Waals surface area contributed by atoms with Crippen LogP contribution in [0.2, 0.25) is 0 Å². The van der Waals surface area contributed by atoms with Gasteiger partial charge in [0.1, 0.15) is 17.2 Å². The predicted molar refractivity (Wildman–Crippen MR) is 79.8 cm³/mol. The van der Waals surface area contributed by atoms with Crippen LogP contribution in [0.25, 0.3) is 17.0 Å². The van der Waals surface area contributed by atoms with Crippen LogP contribution in [0.5, 0.6) is 0 Å². The lowest BCUT2D eigenvalue weighted by molar-refractivity contribution is 0.399. The van der Waals surface area contributed by atoms with E-state index in [0.29, 0.717) is 0 Å². The molecule has 0 unspecified atom stereocenters. The highest BCUT2D eigenvalue weighted by Gasteiger charge is 2.19. The van der Waals surface area contributed by atoms with Gasteiger partial charge in [-0.1, -0.05) is 26.8 Å². The fraction of sp³-hybridized carbons (Fsp3) is 0.312. The molecule has 0 saturated carbocycles. The van der Waals surface area contributed by atoms with E-state index in [4.69, 9.17) is 4.98 Å². The lowest BCUT2D eigenvalue weighted by Gasteiger charge is -2.18. The maximum Gasteiger partial charge on any atom is 0.165 e. The van der Waals surface area contributed by atoms with Crippen molar-refractivity contribution in [2.24, 2.45) is 5.41 Å². The van der Waals surface area contributed by atoms with Crippen molar-refractivity contribution in [3.63, 3.8) is 0 Å². The first-order chi connectivity index (χ1) is 9.54. The standard InChI is InChI=1S/C16H18N4/c1-16(2,3)11-14-19-12-7-6-10-18-15(12)20(14)13-8-4-5-9-17-13/h4-10H,11H2,1-3H3. The highest BCUT2D eigenvalue weighted by Crippen LogP contribution is 2.25. The zero-order valence-electron chi connectivity index (χ0n) is 12.0. The molecular weight excluding hydrogens is 248 g/mol. The molecule has 4 nitrogen and oxygen atoms in total. The van der Waals surface area contributed by atoms with Crippen molar-refractivity contribution in [3.05, 3.63) is 48.5 Å². The van der Waals surface area contributed by atoms with Crippen LogP contribution in [0, 0.1) is 5.41 Å². The van der Waals surface area contributed by atoms with Crippen molar-refractivity contribution in [3.8, 4) is 5.82 Å². The Balaban J connectivity index is 2.24. The van der Waals surface area contributed by atoms with Crippen molar-refractivity contribution in [1.29, 1.82) is 0 Å². The molecule has 0 aliphatic heterocycles. The zero-order chi connectivity index (χ0) is 14.2. The number of rotatable bonds is 2. The third-order valence-corrected chi connectivity index (χ3v) is 3.05. The second-order valence-corrected chi connectivity index (χ2v) is 6.13. The van der Waals surface area contributed by atoms with Crippen molar-refractivity contribution in [1.82, 2.24) is 19.5 Å². The van der Waals surface area contributed by atoms with Gasteiger partial charge in [-0.05, 0) is 29.7 Å². The van der Waals surface area contributed by atoms with E-state index < -0.39 is 0 Å². The summed E-state index contributed by atoms with van der Waals surface area (Å²) in [5, 5.41) is 0. The van der Waals surface area contributed by atoms with Gasteiger partial charge in [-0.2, -0.15) is 0 Å². The van der Waals surface area contributed by atoms with Crippen LogP contribution in [0.15, 0.2) is 42.7 Å². The van der Waals surface area contributed by atoms with Gasteiger partial charge in [-0.25, -0.2) is 15.0 Å². The third-order valence-electron chi connectivity index (χ3n) is 3.05. The molecule has 0 atom stereocenters. The number of hydrogen-bond donors (Lipinski definition) is 0. The van der Waals surface area contributed by atoms with Gasteiger partial charge in [0.15, 0.2) is 5.65 Å². The van der Waals surface area contributed by atoms with Gasteiger partial charge >= 0.3 is 0 Å². The monoisotopic (exact) mass is 266 g/mol. The summed E-state index contributed by atoms with van der Waals surface area (Å²) in [6, 6.07) is 9.80. The molecule has 3 aromatic heterocycles. The molecule has 3 rings (SSSR count). The van der Waals surface area contributed by atoms with Gasteiger partial charge < -0.3 is 0 Å². The van der Waals surface area contributed by atoms with E-state index in [1.54, 1.807) is 12.4 Å². The van der Waals surface area contributed by atoms with Crippen LogP contribution >= 0.6 is 0 Å². The summed E-state index contributed by atoms with van der Waals surface area (Å²) in [6.07, 6.45) is 4.47. The fourth-order valence-corrected chi connectivity index (χ4v) is 2.28. The molecule has 0 aliphatic rings. The smallest absolute Gasteiger partial charge is 0.165 e. The second-order valence-electron chi connectivity index (χ2n) is 6.13. The van der Waals surface area contributed by atoms with Crippen molar-refractivity contribution in [2.75, 3.05) is 0 Å². The summed E-state index contributed by atoms with van der Waals surface area (Å²) in [5.74, 6) is 1.87. The van der Waals surface area contributed by atoms with Gasteiger partial charge in [0.05, 0.1) is 0 Å². The SMILES string of the molecule is CC(C)(C)Cc1nc2cccnc2n1-c1ccccn1. The molecule has 0 spiro atoms. The van der Waals surface area contributed by atoms with E-state index in [0.717, 1.165) is 29.2 Å². The summed E-state index contributed by atoms with van der Waals surface area (Å²) < 4.78 is 2.06. The topological polar surface area (TPSA) is 43.6 Å². The number of imidazole rings is 1. The Morgan fingerprint density at radius 3 is 2.50 bits per heavy atom. The van der Waals surface area contributed by atoms with Crippen molar-refractivity contribution >= 4 is 11.2 Å². The molecule has 4 heteroatoms. The lowest BCUT2D eigenvalue weighted by Crippen LogP contribution is -2.14. The van der Waals surface area contributed by atoms with E-state index in [-0.39, 0.29) is 5.41 Å². The maximum absolute atomic E-state index is 4.73. The molecule has 0 bridgehead atoms. The predicted octanol–water partition coefficient (Wildman–Crippen LogP) is 3.40. The average molecular weight is 266 g/mol. The maximum atomic E-state index is 4.73. The van der Waals surface area contributed by atoms with Crippen LogP contribution in [0.3, 0.4) is 0 Å². The first-order valence-corrected chi connectivity index (χ1v) is 6.78. The van der Waals surface area contributed by atoms with Crippen LogP contribution in [-0.2, 0) is 6.42 Å². The number of aromatic nitrogens is 4. The molecule has 0 saturated heterocycles. The number of hydrogen-bond acceptors (Lipinski definition) is 3. The number of nitrogens with zero attached hydrogens (tertiary/aromatic N) is 4. The summed E-state index contributed by atoms with van der Waals surface area (Å²) in [6.45, 7) is 6.63. The highest BCUT2D eigenvalue weighted by atomic mass is 15.2. The Kier molecular flexibility index (Phi) is 3.01. The average Bonchev–Trinajstić information content (AvgIpc) is 2.75. The van der Waals surface area contributed by atoms with E-state index in [1.807, 2.05) is 30.3 Å². The Morgan fingerprint density at radius 1 is 1.00 bits per heavy atom. The normalized spacial score (nSPS) is 11.9. The Hall–Kier alpha value is -2.23. The van der Waals surface area contributed by atoms with Crippen molar-refractivity contribution < 1.29 is 0 Å². The lowest BCUT2D eigenvalue weighted by atomic mass is 9.92. The van der Waals surface area contributed by atoms with Gasteiger partial charge in [0.2, 0.25) is 0 Å². The third kappa shape index (κ3) is 2.41. The molecular formula is C16H18N4.